The molecule has 1 heterocycles. The van der Waals surface area contributed by atoms with Crippen LogP contribution in [0, 0.1) is 11.7 Å². The first kappa shape index (κ1) is 16.6. The van der Waals surface area contributed by atoms with Crippen LogP contribution in [0.2, 0.25) is 0 Å². The van der Waals surface area contributed by atoms with Gasteiger partial charge in [-0.1, -0.05) is 6.07 Å². The van der Waals surface area contributed by atoms with Crippen molar-refractivity contribution in [2.45, 2.75) is 19.3 Å². The molecule has 0 N–H and O–H groups in total. The van der Waals surface area contributed by atoms with Crippen LogP contribution >= 0.6 is 15.9 Å². The Morgan fingerprint density at radius 3 is 2.86 bits per heavy atom. The van der Waals surface area contributed by atoms with E-state index in [1.165, 1.54) is 22.7 Å². The van der Waals surface area contributed by atoms with Gasteiger partial charge in [0.05, 0.1) is 16.3 Å². The van der Waals surface area contributed by atoms with E-state index in [9.17, 15) is 17.6 Å². The molecule has 2 rings (SSSR count). The Balaban J connectivity index is 2.08. The third-order valence-electron chi connectivity index (χ3n) is 3.68. The van der Waals surface area contributed by atoms with Crippen molar-refractivity contribution in [3.05, 3.63) is 34.1 Å². The summed E-state index contributed by atoms with van der Waals surface area (Å²) in [5.74, 6) is -0.896. The summed E-state index contributed by atoms with van der Waals surface area (Å²) in [5, 5.41) is 0. The zero-order valence-electron chi connectivity index (χ0n) is 11.7. The van der Waals surface area contributed by atoms with Crippen LogP contribution in [0.4, 0.5) is 4.39 Å². The Morgan fingerprint density at radius 2 is 2.19 bits per heavy atom. The van der Waals surface area contributed by atoms with Crippen molar-refractivity contribution in [3.63, 3.8) is 0 Å². The number of sulfonamides is 1. The monoisotopic (exact) mass is 377 g/mol. The maximum atomic E-state index is 13.9. The number of carbonyl (C=O) groups excluding carboxylic acids is 1. The van der Waals surface area contributed by atoms with E-state index < -0.39 is 15.8 Å². The minimum absolute atomic E-state index is 0.0562. The first-order chi connectivity index (χ1) is 9.79. The minimum atomic E-state index is -3.23. The van der Waals surface area contributed by atoms with Gasteiger partial charge in [-0.15, -0.1) is 0 Å². The largest absolute Gasteiger partial charge is 0.294 e. The Hall–Kier alpha value is -0.790. The smallest absolute Gasteiger partial charge is 0.211 e. The lowest BCUT2D eigenvalue weighted by molar-refractivity contribution is 0.0938. The van der Waals surface area contributed by atoms with Gasteiger partial charge in [0, 0.05) is 19.5 Å². The van der Waals surface area contributed by atoms with Gasteiger partial charge in [-0.3, -0.25) is 4.79 Å². The summed E-state index contributed by atoms with van der Waals surface area (Å²) in [6.07, 6.45) is 2.85. The Bertz CT molecular complexity index is 648. The van der Waals surface area contributed by atoms with Gasteiger partial charge in [-0.2, -0.15) is 0 Å². The van der Waals surface area contributed by atoms with Crippen LogP contribution in [0.15, 0.2) is 22.7 Å². The molecule has 0 spiro atoms. The van der Waals surface area contributed by atoms with Crippen LogP contribution < -0.4 is 0 Å². The standard InChI is InChI=1S/C14H17BrFNO3S/c1-21(19,20)17-7-3-4-10(9-17)8-13(18)11-5-2-6-12(15)14(11)16/h2,5-6,10H,3-4,7-9H2,1H3. The fourth-order valence-electron chi connectivity index (χ4n) is 2.59. The molecule has 1 aromatic carbocycles. The second kappa shape index (κ2) is 6.54. The Kier molecular flexibility index (Phi) is 5.16. The second-order valence-corrected chi connectivity index (χ2v) is 8.19. The van der Waals surface area contributed by atoms with E-state index in [1.807, 2.05) is 0 Å². The quantitative estimate of drug-likeness (QED) is 0.758. The van der Waals surface area contributed by atoms with Gasteiger partial charge in [0.2, 0.25) is 10.0 Å². The molecule has 1 unspecified atom stereocenters. The number of Topliss-reactive ketones (excluding diaryl/α,β-unsaturated/α-hetero) is 1. The first-order valence-electron chi connectivity index (χ1n) is 6.71. The van der Waals surface area contributed by atoms with Gasteiger partial charge in [-0.05, 0) is 46.8 Å². The number of benzene rings is 1. The van der Waals surface area contributed by atoms with Crippen molar-refractivity contribution in [1.29, 1.82) is 0 Å². The Labute approximate surface area is 132 Å². The van der Waals surface area contributed by atoms with E-state index in [0.29, 0.717) is 13.1 Å². The summed E-state index contributed by atoms with van der Waals surface area (Å²) in [5.41, 5.74) is 0.0563. The van der Waals surface area contributed by atoms with Crippen molar-refractivity contribution in [3.8, 4) is 0 Å². The predicted octanol–water partition coefficient (Wildman–Crippen LogP) is 2.83. The summed E-state index contributed by atoms with van der Waals surface area (Å²) in [4.78, 5) is 12.2. The fourth-order valence-corrected chi connectivity index (χ4v) is 3.89. The van der Waals surface area contributed by atoms with Crippen LogP contribution in [-0.4, -0.2) is 37.9 Å². The highest BCUT2D eigenvalue weighted by atomic mass is 79.9. The Morgan fingerprint density at radius 1 is 1.48 bits per heavy atom. The van der Waals surface area contributed by atoms with Gasteiger partial charge >= 0.3 is 0 Å². The average Bonchev–Trinajstić information content (AvgIpc) is 2.41. The second-order valence-electron chi connectivity index (χ2n) is 5.36. The summed E-state index contributed by atoms with van der Waals surface area (Å²) in [6, 6.07) is 4.61. The molecule has 0 aromatic heterocycles. The van der Waals surface area contributed by atoms with E-state index in [4.69, 9.17) is 0 Å². The molecule has 0 bridgehead atoms. The van der Waals surface area contributed by atoms with Crippen LogP contribution in [0.1, 0.15) is 29.6 Å². The highest BCUT2D eigenvalue weighted by Crippen LogP contribution is 2.25. The lowest BCUT2D eigenvalue weighted by Gasteiger charge is -2.30. The summed E-state index contributed by atoms with van der Waals surface area (Å²) in [6.45, 7) is 0.828. The topological polar surface area (TPSA) is 54.5 Å². The van der Waals surface area contributed by atoms with Gasteiger partial charge < -0.3 is 0 Å². The first-order valence-corrected chi connectivity index (χ1v) is 9.35. The summed E-state index contributed by atoms with van der Waals surface area (Å²) < 4.78 is 38.7. The molecule has 0 amide bonds. The van der Waals surface area contributed by atoms with Crippen molar-refractivity contribution in [2.24, 2.45) is 5.92 Å². The minimum Gasteiger partial charge on any atom is -0.294 e. The van der Waals surface area contributed by atoms with Crippen LogP contribution in [0.25, 0.3) is 0 Å². The zero-order valence-corrected chi connectivity index (χ0v) is 14.1. The molecule has 1 aliphatic heterocycles. The molecule has 1 atom stereocenters. The molecule has 1 aliphatic rings. The predicted molar refractivity (Wildman–Crippen MR) is 82.2 cm³/mol. The third-order valence-corrected chi connectivity index (χ3v) is 5.56. The van der Waals surface area contributed by atoms with Crippen LogP contribution in [-0.2, 0) is 10.0 Å². The number of piperidine rings is 1. The molecule has 0 aliphatic carbocycles. The number of rotatable bonds is 4. The molecule has 1 saturated heterocycles. The van der Waals surface area contributed by atoms with E-state index >= 15 is 0 Å². The number of hydrogen-bond acceptors (Lipinski definition) is 3. The molecule has 116 valence electrons. The fraction of sp³-hybridized carbons (Fsp3) is 0.500. The number of carbonyl (C=O) groups is 1. The van der Waals surface area contributed by atoms with Crippen molar-refractivity contribution < 1.29 is 17.6 Å². The number of halogens is 2. The zero-order chi connectivity index (χ0) is 15.6. The molecule has 7 heteroatoms. The van der Waals surface area contributed by atoms with Crippen molar-refractivity contribution >= 4 is 31.7 Å². The highest BCUT2D eigenvalue weighted by Gasteiger charge is 2.28. The maximum absolute atomic E-state index is 13.9. The number of hydrogen-bond donors (Lipinski definition) is 0. The van der Waals surface area contributed by atoms with Crippen LogP contribution in [0.3, 0.4) is 0 Å². The lowest BCUT2D eigenvalue weighted by Crippen LogP contribution is -2.39. The van der Waals surface area contributed by atoms with E-state index in [-0.39, 0.29) is 28.2 Å². The molecule has 0 saturated carbocycles. The highest BCUT2D eigenvalue weighted by molar-refractivity contribution is 9.10. The van der Waals surface area contributed by atoms with Gasteiger partial charge in [-0.25, -0.2) is 17.1 Å². The van der Waals surface area contributed by atoms with Gasteiger partial charge in [0.1, 0.15) is 5.82 Å². The average molecular weight is 378 g/mol. The van der Waals surface area contributed by atoms with Crippen molar-refractivity contribution in [2.75, 3.05) is 19.3 Å². The normalized spacial score (nSPS) is 20.4. The summed E-state index contributed by atoms with van der Waals surface area (Å²) in [7, 11) is -3.23. The number of ketones is 1. The summed E-state index contributed by atoms with van der Waals surface area (Å²) >= 11 is 3.06. The SMILES string of the molecule is CS(=O)(=O)N1CCCC(CC(=O)c2cccc(Br)c2F)C1. The molecule has 0 radical (unpaired) electrons. The number of nitrogens with zero attached hydrogens (tertiary/aromatic N) is 1. The molecule has 1 fully saturated rings. The van der Waals surface area contributed by atoms with E-state index in [2.05, 4.69) is 15.9 Å². The van der Waals surface area contributed by atoms with E-state index in [0.717, 1.165) is 12.8 Å². The lowest BCUT2D eigenvalue weighted by atomic mass is 9.92. The van der Waals surface area contributed by atoms with Gasteiger partial charge in [0.15, 0.2) is 5.78 Å². The van der Waals surface area contributed by atoms with Crippen molar-refractivity contribution in [1.82, 2.24) is 4.31 Å². The molecular weight excluding hydrogens is 361 g/mol. The van der Waals surface area contributed by atoms with Gasteiger partial charge in [0.25, 0.3) is 0 Å². The molecule has 1 aromatic rings. The molecule has 4 nitrogen and oxygen atoms in total. The molecule has 21 heavy (non-hydrogen) atoms. The molecular formula is C14H17BrFNO3S. The maximum Gasteiger partial charge on any atom is 0.211 e. The van der Waals surface area contributed by atoms with Crippen LogP contribution in [0.5, 0.6) is 0 Å². The van der Waals surface area contributed by atoms with E-state index in [1.54, 1.807) is 6.07 Å². The third kappa shape index (κ3) is 4.11.